The smallest absolute Gasteiger partial charge is 0.332 e. The fraction of sp³-hybridized carbons (Fsp3) is 0.714. The summed E-state index contributed by atoms with van der Waals surface area (Å²) < 4.78 is 7.88. The van der Waals surface area contributed by atoms with E-state index in [1.54, 1.807) is 0 Å². The highest BCUT2D eigenvalue weighted by molar-refractivity contribution is 5.61. The molecule has 0 unspecified atom stereocenters. The van der Waals surface area contributed by atoms with Crippen molar-refractivity contribution in [3.63, 3.8) is 0 Å². The Morgan fingerprint density at radius 1 is 1.33 bits per heavy atom. The first-order valence-corrected chi connectivity index (χ1v) is 7.35. The topological polar surface area (TPSA) is 91.3 Å². The highest BCUT2D eigenvalue weighted by atomic mass is 16.5. The fourth-order valence-electron chi connectivity index (χ4n) is 2.51. The Labute approximate surface area is 123 Å². The van der Waals surface area contributed by atoms with Crippen molar-refractivity contribution in [2.24, 2.45) is 13.0 Å². The van der Waals surface area contributed by atoms with Gasteiger partial charge in [0.15, 0.2) is 0 Å². The van der Waals surface area contributed by atoms with Gasteiger partial charge in [-0.3, -0.25) is 13.9 Å². The largest absolute Gasteiger partial charge is 0.383 e. The quantitative estimate of drug-likeness (QED) is 0.838. The predicted molar refractivity (Wildman–Crippen MR) is 82.7 cm³/mol. The molecule has 0 radical (unpaired) electrons. The van der Waals surface area contributed by atoms with Crippen LogP contribution in [0.4, 0.5) is 11.5 Å². The number of hydrogen-bond donors (Lipinski definition) is 2. The Morgan fingerprint density at radius 3 is 2.52 bits per heavy atom. The fourth-order valence-corrected chi connectivity index (χ4v) is 2.51. The third kappa shape index (κ3) is 3.29. The van der Waals surface area contributed by atoms with Crippen LogP contribution in [-0.2, 0) is 18.3 Å². The van der Waals surface area contributed by atoms with E-state index in [2.05, 4.69) is 5.32 Å². The summed E-state index contributed by atoms with van der Waals surface area (Å²) in [7, 11) is 1.48. The van der Waals surface area contributed by atoms with Gasteiger partial charge in [0.05, 0.1) is 0 Å². The van der Waals surface area contributed by atoms with Crippen molar-refractivity contribution >= 4 is 11.5 Å². The summed E-state index contributed by atoms with van der Waals surface area (Å²) in [5.41, 5.74) is 5.66. The normalized spacial score (nSPS) is 16.4. The van der Waals surface area contributed by atoms with Gasteiger partial charge in [0.25, 0.3) is 5.56 Å². The lowest BCUT2D eigenvalue weighted by Gasteiger charge is -2.25. The molecule has 0 bridgehead atoms. The predicted octanol–water partition coefficient (Wildman–Crippen LogP) is 0.376. The van der Waals surface area contributed by atoms with Crippen molar-refractivity contribution in [2.45, 2.75) is 39.3 Å². The van der Waals surface area contributed by atoms with Gasteiger partial charge in [-0.15, -0.1) is 0 Å². The molecule has 1 saturated heterocycles. The maximum Gasteiger partial charge on any atom is 0.332 e. The van der Waals surface area contributed by atoms with E-state index >= 15 is 0 Å². The highest BCUT2D eigenvalue weighted by Crippen LogP contribution is 2.17. The van der Waals surface area contributed by atoms with Crippen molar-refractivity contribution in [1.29, 1.82) is 0 Å². The van der Waals surface area contributed by atoms with Gasteiger partial charge >= 0.3 is 5.69 Å². The number of anilines is 2. The van der Waals surface area contributed by atoms with Crippen LogP contribution in [0.2, 0.25) is 0 Å². The zero-order valence-electron chi connectivity index (χ0n) is 12.9. The van der Waals surface area contributed by atoms with E-state index in [9.17, 15) is 9.59 Å². The molecule has 1 aliphatic heterocycles. The summed E-state index contributed by atoms with van der Waals surface area (Å²) in [6, 6.07) is 0.152. The minimum Gasteiger partial charge on any atom is -0.383 e. The third-order valence-electron chi connectivity index (χ3n) is 3.70. The number of ether oxygens (including phenoxy) is 1. The van der Waals surface area contributed by atoms with Crippen LogP contribution in [0, 0.1) is 5.92 Å². The van der Waals surface area contributed by atoms with Crippen molar-refractivity contribution in [1.82, 2.24) is 9.13 Å². The number of nitrogen functional groups attached to an aromatic ring is 1. The van der Waals surface area contributed by atoms with Gasteiger partial charge in [-0.25, -0.2) is 4.79 Å². The average molecular weight is 296 g/mol. The number of nitrogens with one attached hydrogen (secondary N) is 1. The zero-order chi connectivity index (χ0) is 15.6. The van der Waals surface area contributed by atoms with E-state index in [0.29, 0.717) is 25.4 Å². The molecule has 0 amide bonds. The molecule has 21 heavy (non-hydrogen) atoms. The molecule has 7 heteroatoms. The molecule has 0 aliphatic carbocycles. The van der Waals surface area contributed by atoms with Crippen LogP contribution in [0.1, 0.15) is 26.7 Å². The molecule has 2 heterocycles. The van der Waals surface area contributed by atoms with E-state index < -0.39 is 0 Å². The summed E-state index contributed by atoms with van der Waals surface area (Å²) in [6.45, 7) is 5.83. The van der Waals surface area contributed by atoms with E-state index in [0.717, 1.165) is 17.4 Å². The van der Waals surface area contributed by atoms with Crippen molar-refractivity contribution in [2.75, 3.05) is 24.3 Å². The van der Waals surface area contributed by atoms with Crippen molar-refractivity contribution < 1.29 is 4.74 Å². The summed E-state index contributed by atoms with van der Waals surface area (Å²) in [5, 5.41) is 3.20. The van der Waals surface area contributed by atoms with E-state index in [1.807, 2.05) is 13.8 Å². The molecular formula is C14H24N4O3. The van der Waals surface area contributed by atoms with Crippen LogP contribution in [-0.4, -0.2) is 28.4 Å². The lowest BCUT2D eigenvalue weighted by Crippen LogP contribution is -2.43. The Balaban J connectivity index is 2.42. The first-order chi connectivity index (χ1) is 9.91. The Bertz CT molecular complexity index is 612. The van der Waals surface area contributed by atoms with Crippen molar-refractivity contribution in [3.8, 4) is 0 Å². The number of aromatic nitrogens is 2. The first-order valence-electron chi connectivity index (χ1n) is 7.35. The van der Waals surface area contributed by atoms with Crippen LogP contribution in [0.3, 0.4) is 0 Å². The first kappa shape index (κ1) is 15.6. The van der Waals surface area contributed by atoms with E-state index in [1.165, 1.54) is 11.6 Å². The third-order valence-corrected chi connectivity index (χ3v) is 3.70. The van der Waals surface area contributed by atoms with E-state index in [-0.39, 0.29) is 29.0 Å². The molecule has 0 atom stereocenters. The molecular weight excluding hydrogens is 272 g/mol. The SMILES string of the molecule is CC(C)Cn1c(N)c(NC2CCOCC2)c(=O)n(C)c1=O. The summed E-state index contributed by atoms with van der Waals surface area (Å²) in [6.07, 6.45) is 1.65. The molecule has 1 aliphatic rings. The number of rotatable bonds is 4. The average Bonchev–Trinajstić information content (AvgIpc) is 2.47. The molecule has 3 N–H and O–H groups in total. The van der Waals surface area contributed by atoms with Crippen LogP contribution in [0.25, 0.3) is 0 Å². The Hall–Kier alpha value is -1.76. The number of nitrogens with zero attached hydrogens (tertiary/aromatic N) is 2. The van der Waals surface area contributed by atoms with Crippen molar-refractivity contribution in [3.05, 3.63) is 20.8 Å². The molecule has 1 aromatic heterocycles. The molecule has 7 nitrogen and oxygen atoms in total. The maximum absolute atomic E-state index is 12.3. The Morgan fingerprint density at radius 2 is 1.95 bits per heavy atom. The highest BCUT2D eigenvalue weighted by Gasteiger charge is 2.20. The van der Waals surface area contributed by atoms with Gasteiger partial charge in [0.1, 0.15) is 11.5 Å². The van der Waals surface area contributed by atoms with Crippen LogP contribution >= 0.6 is 0 Å². The summed E-state index contributed by atoms with van der Waals surface area (Å²) in [5.74, 6) is 0.488. The monoisotopic (exact) mass is 296 g/mol. The minimum atomic E-state index is -0.372. The van der Waals surface area contributed by atoms with Gasteiger partial charge in [-0.2, -0.15) is 0 Å². The zero-order valence-corrected chi connectivity index (χ0v) is 12.9. The van der Waals surface area contributed by atoms with Crippen LogP contribution < -0.4 is 22.3 Å². The second-order valence-corrected chi connectivity index (χ2v) is 5.94. The minimum absolute atomic E-state index is 0.152. The molecule has 118 valence electrons. The molecule has 0 saturated carbocycles. The number of hydrogen-bond acceptors (Lipinski definition) is 5. The van der Waals surface area contributed by atoms with Gasteiger partial charge in [0, 0.05) is 32.8 Å². The summed E-state index contributed by atoms with van der Waals surface area (Å²) in [4.78, 5) is 24.5. The number of nitrogens with two attached hydrogens (primary N) is 1. The summed E-state index contributed by atoms with van der Waals surface area (Å²) >= 11 is 0. The lowest BCUT2D eigenvalue weighted by molar-refractivity contribution is 0.0904. The van der Waals surface area contributed by atoms with Crippen LogP contribution in [0.15, 0.2) is 9.59 Å². The molecule has 1 fully saturated rings. The molecule has 0 spiro atoms. The van der Waals surface area contributed by atoms with E-state index in [4.69, 9.17) is 10.5 Å². The molecule has 1 aromatic rings. The second kappa shape index (κ2) is 6.34. The standard InChI is InChI=1S/C14H24N4O3/c1-9(2)8-18-12(15)11(13(19)17(3)14(18)20)16-10-4-6-21-7-5-10/h9-10,16H,4-8,15H2,1-3H3. The van der Waals surface area contributed by atoms with Gasteiger partial charge in [-0.1, -0.05) is 13.8 Å². The molecule has 0 aromatic carbocycles. The van der Waals surface area contributed by atoms with Gasteiger partial charge in [0.2, 0.25) is 0 Å². The van der Waals surface area contributed by atoms with Gasteiger partial charge < -0.3 is 15.8 Å². The van der Waals surface area contributed by atoms with Crippen LogP contribution in [0.5, 0.6) is 0 Å². The Kier molecular flexibility index (Phi) is 4.72. The lowest BCUT2D eigenvalue weighted by atomic mass is 10.1. The maximum atomic E-state index is 12.3. The second-order valence-electron chi connectivity index (χ2n) is 5.94. The van der Waals surface area contributed by atoms with Gasteiger partial charge in [-0.05, 0) is 18.8 Å². The molecule has 2 rings (SSSR count).